The van der Waals surface area contributed by atoms with Crippen LogP contribution in [0.1, 0.15) is 40.0 Å². The van der Waals surface area contributed by atoms with Crippen LogP contribution in [0.15, 0.2) is 18.2 Å². The Morgan fingerprint density at radius 2 is 1.12 bits per heavy atom. The maximum atomic E-state index is 12.5. The zero-order valence-corrected chi connectivity index (χ0v) is 30.7. The molecule has 0 fully saturated rings. The van der Waals surface area contributed by atoms with Gasteiger partial charge in [-0.05, 0) is 18.2 Å². The number of rotatable bonds is 27. The molecule has 1 aliphatic heterocycles. The van der Waals surface area contributed by atoms with Crippen LogP contribution in [0.3, 0.4) is 0 Å². The number of ether oxygens (including phenoxy) is 6. The molecule has 0 saturated heterocycles. The van der Waals surface area contributed by atoms with E-state index >= 15 is 0 Å². The van der Waals surface area contributed by atoms with E-state index in [1.54, 1.807) is 37.1 Å². The summed E-state index contributed by atoms with van der Waals surface area (Å²) in [7, 11) is 0. The van der Waals surface area contributed by atoms with Crippen molar-refractivity contribution in [1.82, 2.24) is 4.90 Å². The maximum absolute atomic E-state index is 12.5. The molecule has 1 unspecified atom stereocenters. The van der Waals surface area contributed by atoms with Crippen molar-refractivity contribution in [2.75, 3.05) is 95.3 Å². The Balaban J connectivity index is -0.000000795. The Kier molecular flexibility index (Phi) is 36.6. The number of hydrogen-bond donors (Lipinski definition) is 0. The number of fused-ring (bicyclic) bond motifs is 1. The third kappa shape index (κ3) is 20.5. The summed E-state index contributed by atoms with van der Waals surface area (Å²) >= 11 is 2.15. The smallest absolute Gasteiger partial charge is 0.542 e. The summed E-state index contributed by atoms with van der Waals surface area (Å²) in [5.41, 5.74) is 1.20. The fourth-order valence-corrected chi connectivity index (χ4v) is 4.11. The minimum Gasteiger partial charge on any atom is -0.542 e. The van der Waals surface area contributed by atoms with Gasteiger partial charge >= 0.3 is 37.7 Å². The van der Waals surface area contributed by atoms with Crippen molar-refractivity contribution >= 4 is 59.0 Å². The SMILES string of the molecule is O=[C-]CCOCCOCCOCCOCCOCCOCI.[CH2-]CN(C[CH2-])c1ccc2c(c1)C(=O)N(C([C-]=O)CC[C-]=O)C2=O.[CH3-].[Li+].[Li+]. The molecule has 1 aromatic rings. The molecule has 48 heavy (non-hydrogen) atoms. The molecule has 2 amide bonds. The van der Waals surface area contributed by atoms with Crippen molar-refractivity contribution in [2.45, 2.75) is 25.3 Å². The van der Waals surface area contributed by atoms with Gasteiger partial charge in [0.2, 0.25) is 0 Å². The predicted molar refractivity (Wildman–Crippen MR) is 180 cm³/mol. The average Bonchev–Trinajstić information content (AvgIpc) is 3.30. The fourth-order valence-electron chi connectivity index (χ4n) is 3.80. The second-order valence-corrected chi connectivity index (χ2v) is 9.61. The number of benzene rings is 1. The van der Waals surface area contributed by atoms with Crippen LogP contribution in [-0.4, -0.2) is 132 Å². The number of anilines is 1. The minimum absolute atomic E-state index is 0. The minimum atomic E-state index is -1.08. The number of carbonyl (C=O) groups is 2. The van der Waals surface area contributed by atoms with E-state index in [4.69, 9.17) is 28.4 Å². The van der Waals surface area contributed by atoms with Crippen LogP contribution in [0, 0.1) is 21.3 Å². The van der Waals surface area contributed by atoms with E-state index in [-0.39, 0.29) is 69.1 Å². The number of hydrogen-bond acceptors (Lipinski definition) is 12. The quantitative estimate of drug-likeness (QED) is 0.0219. The van der Waals surface area contributed by atoms with E-state index in [1.807, 2.05) is 4.90 Å². The first kappa shape index (κ1) is 51.2. The Bertz CT molecular complexity index is 1010. The van der Waals surface area contributed by atoms with Crippen molar-refractivity contribution < 1.29 is 90.1 Å². The Hall–Kier alpha value is -1.15. The molecule has 0 aromatic heterocycles. The van der Waals surface area contributed by atoms with Crippen molar-refractivity contribution in [3.8, 4) is 0 Å². The molecule has 13 nitrogen and oxygen atoms in total. The molecule has 0 bridgehead atoms. The monoisotopic (exact) mass is 774 g/mol. The van der Waals surface area contributed by atoms with E-state index in [2.05, 4.69) is 36.4 Å². The Morgan fingerprint density at radius 3 is 1.54 bits per heavy atom. The van der Waals surface area contributed by atoms with Gasteiger partial charge in [0, 0.05) is 12.3 Å². The van der Waals surface area contributed by atoms with Gasteiger partial charge in [-0.15, -0.1) is 19.5 Å². The summed E-state index contributed by atoms with van der Waals surface area (Å²) in [6, 6.07) is 3.78. The van der Waals surface area contributed by atoms with Crippen molar-refractivity contribution in [3.63, 3.8) is 0 Å². The molecule has 0 saturated carbocycles. The first-order valence-electron chi connectivity index (χ1n) is 14.5. The standard InChI is InChI=1S/C17H16N2O4.C14H26IO7.CH3.2Li/c1-3-18(4-2)12-7-8-14-15(10-12)17(23)19(16(14)22)13(11-21)6-5-9-20;15-14-22-13-12-21-11-10-20-9-8-19-7-6-18-5-4-17-3-1-2-16;;;/h7-8,10,13H,1-6H2;1,3-14H2;1H3;;/q-4;2*-1;2*+1. The maximum Gasteiger partial charge on any atom is 1.00 e. The van der Waals surface area contributed by atoms with E-state index in [0.29, 0.717) is 96.8 Å². The molecular formula is C32H45ILi2N2O11-4. The zero-order valence-electron chi connectivity index (χ0n) is 28.5. The molecule has 0 radical (unpaired) electrons. The van der Waals surface area contributed by atoms with Crippen LogP contribution >= 0.6 is 22.6 Å². The second-order valence-electron chi connectivity index (χ2n) is 8.99. The summed E-state index contributed by atoms with van der Waals surface area (Å²) in [5, 5.41) is 0. The summed E-state index contributed by atoms with van der Waals surface area (Å²) in [5.74, 6) is -1.11. The number of alkyl halides is 1. The van der Waals surface area contributed by atoms with Crippen LogP contribution in [0.2, 0.25) is 0 Å². The van der Waals surface area contributed by atoms with E-state index in [9.17, 15) is 24.0 Å². The first-order valence-corrected chi connectivity index (χ1v) is 16.0. The van der Waals surface area contributed by atoms with Crippen LogP contribution in [0.5, 0.6) is 0 Å². The van der Waals surface area contributed by atoms with Crippen LogP contribution in [0.25, 0.3) is 0 Å². The molecule has 0 spiro atoms. The van der Waals surface area contributed by atoms with Crippen molar-refractivity contribution in [2.24, 2.45) is 0 Å². The average molecular weight is 775 g/mol. The molecule has 262 valence electrons. The van der Waals surface area contributed by atoms with E-state index < -0.39 is 17.9 Å². The molecule has 1 atom stereocenters. The summed E-state index contributed by atoms with van der Waals surface area (Å²) < 4.78 is 32.2. The first-order chi connectivity index (χ1) is 22.0. The Labute approximate surface area is 323 Å². The zero-order chi connectivity index (χ0) is 33.1. The molecule has 16 heteroatoms. The normalized spacial score (nSPS) is 12.0. The van der Waals surface area contributed by atoms with Crippen LogP contribution in [0.4, 0.5) is 5.69 Å². The number of carbonyl (C=O) groups excluding carboxylic acids is 5. The van der Waals surface area contributed by atoms with Gasteiger partial charge in [-0.25, -0.2) is 6.29 Å². The largest absolute Gasteiger partial charge is 1.00 e. The van der Waals surface area contributed by atoms with Crippen LogP contribution in [-0.2, 0) is 42.8 Å². The van der Waals surface area contributed by atoms with Gasteiger partial charge in [-0.2, -0.15) is 6.42 Å². The van der Waals surface area contributed by atoms with Crippen molar-refractivity contribution in [1.29, 1.82) is 0 Å². The fraction of sp³-hybridized carbons (Fsp3) is 0.562. The molecule has 0 aliphatic carbocycles. The van der Waals surface area contributed by atoms with Crippen molar-refractivity contribution in [3.05, 3.63) is 50.6 Å². The number of halogens is 1. The van der Waals surface area contributed by atoms with Gasteiger partial charge in [0.25, 0.3) is 11.8 Å². The van der Waals surface area contributed by atoms with E-state index in [0.717, 1.165) is 10.6 Å². The number of amides is 2. The topological polar surface area (TPSA) is 147 Å². The van der Waals surface area contributed by atoms with Gasteiger partial charge in [0.05, 0.1) is 81.8 Å². The molecule has 1 heterocycles. The molecule has 2 rings (SSSR count). The van der Waals surface area contributed by atoms with Gasteiger partial charge in [0.15, 0.2) is 0 Å². The number of imide groups is 1. The third-order valence-corrected chi connectivity index (χ3v) is 6.50. The number of nitrogens with zero attached hydrogens (tertiary/aromatic N) is 2. The third-order valence-electron chi connectivity index (χ3n) is 6.06. The molecule has 0 N–H and O–H groups in total. The van der Waals surface area contributed by atoms with Crippen LogP contribution < -0.4 is 42.6 Å². The molecular weight excluding hydrogens is 729 g/mol. The summed E-state index contributed by atoms with van der Waals surface area (Å²) in [4.78, 5) is 58.9. The van der Waals surface area contributed by atoms with E-state index in [1.165, 1.54) is 0 Å². The second kappa shape index (κ2) is 34.3. The molecule has 1 aromatic carbocycles. The predicted octanol–water partition coefficient (Wildman–Crippen LogP) is -3.44. The van der Waals surface area contributed by atoms with Gasteiger partial charge in [-0.3, -0.25) is 27.1 Å². The van der Waals surface area contributed by atoms with Gasteiger partial charge in [0.1, 0.15) is 0 Å². The molecule has 1 aliphatic rings. The summed E-state index contributed by atoms with van der Waals surface area (Å²) in [6.07, 6.45) is 5.35. The Morgan fingerprint density at radius 1 is 0.688 bits per heavy atom. The summed E-state index contributed by atoms with van der Waals surface area (Å²) in [6.45, 7) is 14.3. The van der Waals surface area contributed by atoms with Gasteiger partial charge < -0.3 is 69.0 Å². The van der Waals surface area contributed by atoms with Gasteiger partial charge in [-0.1, -0.05) is 35.1 Å².